The van der Waals surface area contributed by atoms with E-state index in [2.05, 4.69) is 0 Å². The van der Waals surface area contributed by atoms with E-state index in [9.17, 15) is 0 Å². The van der Waals surface area contributed by atoms with Gasteiger partial charge in [0.2, 0.25) is 0 Å². The zero-order chi connectivity index (χ0) is 5.86. The van der Waals surface area contributed by atoms with Crippen molar-refractivity contribution in [1.82, 2.24) is 0 Å². The van der Waals surface area contributed by atoms with Crippen molar-refractivity contribution >= 4 is 17.3 Å². The summed E-state index contributed by atoms with van der Waals surface area (Å²) in [7, 11) is 0. The molecular weight excluding hydrogens is 112 g/mol. The summed E-state index contributed by atoms with van der Waals surface area (Å²) < 4.78 is 0. The molecule has 0 bridgehead atoms. The Hall–Kier alpha value is -0.500. The molecule has 0 aromatic carbocycles. The first-order valence-electron chi connectivity index (χ1n) is 1.81. The second kappa shape index (κ2) is 2.64. The van der Waals surface area contributed by atoms with Gasteiger partial charge in [0.15, 0.2) is 0 Å². The van der Waals surface area contributed by atoms with Gasteiger partial charge in [0, 0.05) is 11.9 Å². The van der Waals surface area contributed by atoms with E-state index >= 15 is 0 Å². The standard InChI is InChI=1S/C4H7ClN2/c1-3(7)4(5)2-6/h2,7H,6H2,1H3/b4-2+,7-3?. The van der Waals surface area contributed by atoms with Crippen molar-refractivity contribution in [3.8, 4) is 0 Å². The summed E-state index contributed by atoms with van der Waals surface area (Å²) in [5.74, 6) is 0. The molecule has 7 heavy (non-hydrogen) atoms. The van der Waals surface area contributed by atoms with Gasteiger partial charge in [0.25, 0.3) is 0 Å². The molecule has 0 heterocycles. The van der Waals surface area contributed by atoms with E-state index < -0.39 is 0 Å². The Kier molecular flexibility index (Phi) is 2.45. The van der Waals surface area contributed by atoms with Crippen LogP contribution in [0.5, 0.6) is 0 Å². The first-order valence-corrected chi connectivity index (χ1v) is 2.19. The van der Waals surface area contributed by atoms with Crippen LogP contribution >= 0.6 is 11.6 Å². The zero-order valence-corrected chi connectivity index (χ0v) is 4.79. The predicted molar refractivity (Wildman–Crippen MR) is 31.5 cm³/mol. The Balaban J connectivity index is 3.82. The van der Waals surface area contributed by atoms with Crippen molar-refractivity contribution < 1.29 is 0 Å². The van der Waals surface area contributed by atoms with Crippen LogP contribution in [-0.4, -0.2) is 5.71 Å². The van der Waals surface area contributed by atoms with Gasteiger partial charge >= 0.3 is 0 Å². The summed E-state index contributed by atoms with van der Waals surface area (Å²) in [4.78, 5) is 0. The monoisotopic (exact) mass is 118 g/mol. The average Bonchev–Trinajstić information content (AvgIpc) is 1.65. The first kappa shape index (κ1) is 6.50. The quantitative estimate of drug-likeness (QED) is 0.497. The lowest BCUT2D eigenvalue weighted by Crippen LogP contribution is -1.90. The van der Waals surface area contributed by atoms with Crippen LogP contribution in [0.1, 0.15) is 6.92 Å². The minimum Gasteiger partial charge on any atom is -0.403 e. The van der Waals surface area contributed by atoms with Crippen LogP contribution in [0.15, 0.2) is 11.2 Å². The molecule has 40 valence electrons. The van der Waals surface area contributed by atoms with Crippen molar-refractivity contribution in [3.63, 3.8) is 0 Å². The van der Waals surface area contributed by atoms with Crippen molar-refractivity contribution in [2.24, 2.45) is 5.73 Å². The number of hydrogen-bond acceptors (Lipinski definition) is 2. The second-order valence-corrected chi connectivity index (χ2v) is 1.55. The maximum Gasteiger partial charge on any atom is 0.0765 e. The average molecular weight is 119 g/mol. The minimum absolute atomic E-state index is 0.296. The van der Waals surface area contributed by atoms with Crippen molar-refractivity contribution in [1.29, 1.82) is 5.41 Å². The molecule has 0 aliphatic carbocycles. The van der Waals surface area contributed by atoms with Crippen molar-refractivity contribution in [2.45, 2.75) is 6.92 Å². The third-order valence-corrected chi connectivity index (χ3v) is 0.914. The van der Waals surface area contributed by atoms with Gasteiger partial charge in [-0.3, -0.25) is 0 Å². The van der Waals surface area contributed by atoms with Crippen LogP contribution < -0.4 is 5.73 Å². The highest BCUT2D eigenvalue weighted by Crippen LogP contribution is 1.97. The van der Waals surface area contributed by atoms with Gasteiger partial charge in [0.1, 0.15) is 0 Å². The Morgan fingerprint density at radius 1 is 1.86 bits per heavy atom. The highest BCUT2D eigenvalue weighted by molar-refractivity contribution is 6.42. The molecule has 0 aliphatic heterocycles. The second-order valence-electron chi connectivity index (χ2n) is 1.14. The van der Waals surface area contributed by atoms with Gasteiger partial charge in [-0.25, -0.2) is 0 Å². The third-order valence-electron chi connectivity index (χ3n) is 0.505. The smallest absolute Gasteiger partial charge is 0.0765 e. The first-order chi connectivity index (χ1) is 3.18. The Labute approximate surface area is 47.5 Å². The van der Waals surface area contributed by atoms with E-state index in [-0.39, 0.29) is 0 Å². The molecule has 3 heteroatoms. The number of nitrogens with one attached hydrogen (secondary N) is 1. The highest BCUT2D eigenvalue weighted by atomic mass is 35.5. The van der Waals surface area contributed by atoms with Gasteiger partial charge < -0.3 is 11.1 Å². The number of rotatable bonds is 1. The molecule has 0 amide bonds. The summed E-state index contributed by atoms with van der Waals surface area (Å²) in [5, 5.41) is 7.13. The Bertz CT molecular complexity index is 106. The molecular formula is C4H7ClN2. The molecule has 0 saturated heterocycles. The molecule has 2 nitrogen and oxygen atoms in total. The van der Waals surface area contributed by atoms with E-state index in [1.54, 1.807) is 6.92 Å². The Morgan fingerprint density at radius 3 is 2.29 bits per heavy atom. The number of halogens is 1. The van der Waals surface area contributed by atoms with Gasteiger partial charge in [-0.2, -0.15) is 0 Å². The highest BCUT2D eigenvalue weighted by Gasteiger charge is 1.88. The third kappa shape index (κ3) is 2.23. The molecule has 0 spiro atoms. The molecule has 0 unspecified atom stereocenters. The largest absolute Gasteiger partial charge is 0.403 e. The fourth-order valence-electron chi connectivity index (χ4n) is 0.125. The van der Waals surface area contributed by atoms with Gasteiger partial charge in [-0.1, -0.05) is 11.6 Å². The van der Waals surface area contributed by atoms with Crippen LogP contribution in [0.25, 0.3) is 0 Å². The molecule has 0 fully saturated rings. The van der Waals surface area contributed by atoms with Crippen LogP contribution in [0.4, 0.5) is 0 Å². The molecule has 0 aromatic rings. The number of allylic oxidation sites excluding steroid dienone is 1. The fourth-order valence-corrected chi connectivity index (χ4v) is 0.125. The van der Waals surface area contributed by atoms with Gasteiger partial charge in [0.05, 0.1) is 5.03 Å². The van der Waals surface area contributed by atoms with Crippen molar-refractivity contribution in [2.75, 3.05) is 0 Å². The summed E-state index contributed by atoms with van der Waals surface area (Å²) in [6.07, 6.45) is 1.20. The van der Waals surface area contributed by atoms with Crippen molar-refractivity contribution in [3.05, 3.63) is 11.2 Å². The minimum atomic E-state index is 0.296. The lowest BCUT2D eigenvalue weighted by Gasteiger charge is -1.86. The molecule has 0 aliphatic rings. The normalized spacial score (nSPS) is 11.4. The zero-order valence-electron chi connectivity index (χ0n) is 4.03. The molecule has 0 saturated carbocycles. The number of nitrogens with two attached hydrogens (primary N) is 1. The lowest BCUT2D eigenvalue weighted by molar-refractivity contribution is 1.47. The van der Waals surface area contributed by atoms with Crippen LogP contribution in [-0.2, 0) is 0 Å². The van der Waals surface area contributed by atoms with Gasteiger partial charge in [-0.05, 0) is 6.92 Å². The Morgan fingerprint density at radius 2 is 2.29 bits per heavy atom. The maximum absolute atomic E-state index is 6.82. The molecule has 0 radical (unpaired) electrons. The topological polar surface area (TPSA) is 49.9 Å². The summed E-state index contributed by atoms with van der Waals surface area (Å²) in [6.45, 7) is 1.58. The predicted octanol–water partition coefficient (Wildman–Crippen LogP) is 1.06. The van der Waals surface area contributed by atoms with Crippen LogP contribution in [0.3, 0.4) is 0 Å². The summed E-state index contributed by atoms with van der Waals surface area (Å²) in [6, 6.07) is 0. The molecule has 0 rings (SSSR count). The van der Waals surface area contributed by atoms with E-state index in [1.165, 1.54) is 6.20 Å². The van der Waals surface area contributed by atoms with Crippen LogP contribution in [0, 0.1) is 5.41 Å². The molecule has 0 atom stereocenters. The maximum atomic E-state index is 6.82. The fraction of sp³-hybridized carbons (Fsp3) is 0.250. The molecule has 0 aromatic heterocycles. The van der Waals surface area contributed by atoms with E-state index in [4.69, 9.17) is 22.7 Å². The lowest BCUT2D eigenvalue weighted by atomic mass is 10.4. The SMILES string of the molecule is CC(=N)/C(Cl)=C\N. The van der Waals surface area contributed by atoms with E-state index in [0.717, 1.165) is 0 Å². The molecule has 3 N–H and O–H groups in total. The van der Waals surface area contributed by atoms with E-state index in [1.807, 2.05) is 0 Å². The summed E-state index contributed by atoms with van der Waals surface area (Å²) in [5.41, 5.74) is 5.23. The van der Waals surface area contributed by atoms with Crippen LogP contribution in [0.2, 0.25) is 0 Å². The van der Waals surface area contributed by atoms with E-state index in [0.29, 0.717) is 10.7 Å². The summed E-state index contributed by atoms with van der Waals surface area (Å²) >= 11 is 5.31. The number of hydrogen-bond donors (Lipinski definition) is 2. The van der Waals surface area contributed by atoms with Gasteiger partial charge in [-0.15, -0.1) is 0 Å².